The maximum Gasteiger partial charge on any atom is 0.169 e. The Morgan fingerprint density at radius 2 is 1.12 bits per heavy atom. The van der Waals surface area contributed by atoms with Crippen molar-refractivity contribution in [2.75, 3.05) is 0 Å². The highest BCUT2D eigenvalue weighted by Gasteiger charge is 1.99. The molecule has 1 aromatic carbocycles. The van der Waals surface area contributed by atoms with E-state index in [1.807, 2.05) is 84.4 Å². The lowest BCUT2D eigenvalue weighted by Gasteiger charge is -2.01. The molecule has 0 unspecified atom stereocenters. The fraction of sp³-hybridized carbons (Fsp3) is 0.0909. The van der Waals surface area contributed by atoms with E-state index < -0.39 is 0 Å². The SMILES string of the molecule is C[n+]1ccc(C=Cc2ccc(O)c(C=Cc3cc[n+](C)cc3)c2)cc1. The number of benzene rings is 1. The Labute approximate surface area is 148 Å². The van der Waals surface area contributed by atoms with Crippen molar-refractivity contribution in [3.05, 3.63) is 89.5 Å². The van der Waals surface area contributed by atoms with Crippen LogP contribution in [0.3, 0.4) is 0 Å². The lowest BCUT2D eigenvalue weighted by molar-refractivity contribution is -0.671. The summed E-state index contributed by atoms with van der Waals surface area (Å²) in [6.07, 6.45) is 16.1. The van der Waals surface area contributed by atoms with Gasteiger partial charge in [0.15, 0.2) is 24.8 Å². The highest BCUT2D eigenvalue weighted by atomic mass is 16.3. The topological polar surface area (TPSA) is 28.0 Å². The predicted octanol–water partition coefficient (Wildman–Crippen LogP) is 3.38. The number of aromatic hydroxyl groups is 1. The second kappa shape index (κ2) is 7.58. The molecule has 0 saturated heterocycles. The molecule has 3 rings (SSSR count). The molecule has 0 amide bonds. The van der Waals surface area contributed by atoms with Gasteiger partial charge in [-0.3, -0.25) is 0 Å². The maximum absolute atomic E-state index is 10.1. The van der Waals surface area contributed by atoms with Gasteiger partial charge in [-0.05, 0) is 28.8 Å². The highest BCUT2D eigenvalue weighted by molar-refractivity contribution is 5.76. The van der Waals surface area contributed by atoms with Crippen LogP contribution in [0.1, 0.15) is 22.3 Å². The number of pyridine rings is 2. The number of hydrogen-bond acceptors (Lipinski definition) is 1. The number of rotatable bonds is 4. The van der Waals surface area contributed by atoms with Crippen LogP contribution in [0.5, 0.6) is 5.75 Å². The third kappa shape index (κ3) is 4.64. The van der Waals surface area contributed by atoms with Gasteiger partial charge in [0.1, 0.15) is 19.8 Å². The molecule has 0 radical (unpaired) electrons. The number of hydrogen-bond donors (Lipinski definition) is 1. The molecule has 0 bridgehead atoms. The van der Waals surface area contributed by atoms with Crippen LogP contribution in [-0.2, 0) is 14.1 Å². The summed E-state index contributed by atoms with van der Waals surface area (Å²) in [5.41, 5.74) is 4.08. The molecule has 124 valence electrons. The van der Waals surface area contributed by atoms with E-state index >= 15 is 0 Å². The maximum atomic E-state index is 10.1. The van der Waals surface area contributed by atoms with Gasteiger partial charge in [0.2, 0.25) is 0 Å². The first kappa shape index (κ1) is 16.7. The van der Waals surface area contributed by atoms with Crippen molar-refractivity contribution < 1.29 is 14.2 Å². The molecule has 1 N–H and O–H groups in total. The minimum atomic E-state index is 0.279. The van der Waals surface area contributed by atoms with Gasteiger partial charge < -0.3 is 5.11 Å². The van der Waals surface area contributed by atoms with Crippen molar-refractivity contribution in [3.8, 4) is 5.75 Å². The van der Waals surface area contributed by atoms with Gasteiger partial charge in [0, 0.05) is 29.8 Å². The van der Waals surface area contributed by atoms with Gasteiger partial charge in [-0.1, -0.05) is 30.4 Å². The Kier molecular flexibility index (Phi) is 5.05. The molecular weight excluding hydrogens is 308 g/mol. The van der Waals surface area contributed by atoms with Gasteiger partial charge in [-0.2, -0.15) is 0 Å². The van der Waals surface area contributed by atoms with Crippen LogP contribution in [0, 0.1) is 0 Å². The molecule has 0 aliphatic heterocycles. The molecule has 3 aromatic rings. The minimum Gasteiger partial charge on any atom is -0.507 e. The van der Waals surface area contributed by atoms with Crippen LogP contribution in [0.25, 0.3) is 24.3 Å². The summed E-state index contributed by atoms with van der Waals surface area (Å²) in [6, 6.07) is 13.8. The second-order valence-corrected chi connectivity index (χ2v) is 6.08. The van der Waals surface area contributed by atoms with E-state index in [0.29, 0.717) is 0 Å². The molecule has 0 saturated carbocycles. The van der Waals surface area contributed by atoms with Gasteiger partial charge in [0.25, 0.3) is 0 Å². The first-order valence-electron chi connectivity index (χ1n) is 8.20. The number of nitrogens with zero attached hydrogens (tertiary/aromatic N) is 2. The number of aromatic nitrogens is 2. The Balaban J connectivity index is 1.80. The molecule has 0 aliphatic rings. The molecule has 0 spiro atoms. The summed E-state index contributed by atoms with van der Waals surface area (Å²) < 4.78 is 3.99. The summed E-state index contributed by atoms with van der Waals surface area (Å²) in [6.45, 7) is 0. The Bertz CT molecular complexity index is 908. The van der Waals surface area contributed by atoms with E-state index in [-0.39, 0.29) is 5.75 Å². The van der Waals surface area contributed by atoms with Crippen molar-refractivity contribution in [2.45, 2.75) is 0 Å². The molecule has 0 fully saturated rings. The molecule has 3 heteroatoms. The average molecular weight is 330 g/mol. The molecule has 25 heavy (non-hydrogen) atoms. The minimum absolute atomic E-state index is 0.279. The quantitative estimate of drug-likeness (QED) is 0.730. The monoisotopic (exact) mass is 330 g/mol. The summed E-state index contributed by atoms with van der Waals surface area (Å²) in [5.74, 6) is 0.279. The Hall–Kier alpha value is -3.20. The molecule has 0 atom stereocenters. The van der Waals surface area contributed by atoms with Crippen molar-refractivity contribution in [1.82, 2.24) is 0 Å². The van der Waals surface area contributed by atoms with Crippen LogP contribution < -0.4 is 9.13 Å². The van der Waals surface area contributed by atoms with Crippen molar-refractivity contribution in [3.63, 3.8) is 0 Å². The first-order chi connectivity index (χ1) is 12.1. The molecule has 2 aromatic heterocycles. The van der Waals surface area contributed by atoms with E-state index in [4.69, 9.17) is 0 Å². The van der Waals surface area contributed by atoms with E-state index in [2.05, 4.69) is 24.3 Å². The van der Waals surface area contributed by atoms with Crippen LogP contribution in [0.2, 0.25) is 0 Å². The first-order valence-corrected chi connectivity index (χ1v) is 8.20. The number of phenols is 1. The zero-order chi connectivity index (χ0) is 17.6. The van der Waals surface area contributed by atoms with Crippen LogP contribution in [0.15, 0.2) is 67.3 Å². The summed E-state index contributed by atoms with van der Waals surface area (Å²) in [4.78, 5) is 0. The number of phenolic OH excluding ortho intramolecular Hbond substituents is 1. The van der Waals surface area contributed by atoms with Gasteiger partial charge in [-0.15, -0.1) is 0 Å². The molecule has 2 heterocycles. The summed E-state index contributed by atoms with van der Waals surface area (Å²) in [7, 11) is 3.99. The van der Waals surface area contributed by atoms with Crippen LogP contribution >= 0.6 is 0 Å². The lowest BCUT2D eigenvalue weighted by atomic mass is 10.1. The zero-order valence-electron chi connectivity index (χ0n) is 14.5. The summed E-state index contributed by atoms with van der Waals surface area (Å²) >= 11 is 0. The van der Waals surface area contributed by atoms with E-state index in [1.165, 1.54) is 0 Å². The van der Waals surface area contributed by atoms with Gasteiger partial charge >= 0.3 is 0 Å². The molecular formula is C22H22N2O+2. The van der Waals surface area contributed by atoms with Crippen molar-refractivity contribution >= 4 is 24.3 Å². The normalized spacial score (nSPS) is 11.4. The highest BCUT2D eigenvalue weighted by Crippen LogP contribution is 2.22. The largest absolute Gasteiger partial charge is 0.507 e. The molecule has 0 aliphatic carbocycles. The second-order valence-electron chi connectivity index (χ2n) is 6.08. The third-order valence-corrected chi connectivity index (χ3v) is 3.98. The van der Waals surface area contributed by atoms with Crippen LogP contribution in [-0.4, -0.2) is 5.11 Å². The average Bonchev–Trinajstić information content (AvgIpc) is 2.62. The van der Waals surface area contributed by atoms with E-state index in [9.17, 15) is 5.11 Å². The van der Waals surface area contributed by atoms with Crippen LogP contribution in [0.4, 0.5) is 0 Å². The van der Waals surface area contributed by atoms with E-state index in [1.54, 1.807) is 6.07 Å². The fourth-order valence-electron chi connectivity index (χ4n) is 2.44. The Morgan fingerprint density at radius 3 is 1.68 bits per heavy atom. The lowest BCUT2D eigenvalue weighted by Crippen LogP contribution is -2.25. The molecule has 3 nitrogen and oxygen atoms in total. The smallest absolute Gasteiger partial charge is 0.169 e. The zero-order valence-corrected chi connectivity index (χ0v) is 14.5. The standard InChI is InChI=1S/C22H21N2O/c1-23-13-9-18(10-14-23)3-4-20-6-8-22(25)21(17-20)7-5-19-11-15-24(2)16-12-19/h3-17H,1-2H3/q+1/p+1. The number of aryl methyl sites for hydroxylation is 2. The van der Waals surface area contributed by atoms with Crippen molar-refractivity contribution in [1.29, 1.82) is 0 Å². The fourth-order valence-corrected chi connectivity index (χ4v) is 2.44. The van der Waals surface area contributed by atoms with Crippen molar-refractivity contribution in [2.24, 2.45) is 14.1 Å². The predicted molar refractivity (Wildman–Crippen MR) is 101 cm³/mol. The summed E-state index contributed by atoms with van der Waals surface area (Å²) in [5, 5.41) is 10.1. The van der Waals surface area contributed by atoms with E-state index in [0.717, 1.165) is 22.3 Å². The Morgan fingerprint density at radius 1 is 0.640 bits per heavy atom. The third-order valence-electron chi connectivity index (χ3n) is 3.98. The van der Waals surface area contributed by atoms with Gasteiger partial charge in [0.05, 0.1) is 0 Å². The van der Waals surface area contributed by atoms with Gasteiger partial charge in [-0.25, -0.2) is 9.13 Å².